The number of hydrogen-bond acceptors (Lipinski definition) is 4. The highest BCUT2D eigenvalue weighted by atomic mass is 16.4. The van der Waals surface area contributed by atoms with Gasteiger partial charge in [0.05, 0.1) is 17.9 Å². The molecular weight excluding hydrogens is 228 g/mol. The maximum Gasteiger partial charge on any atom is 0.334 e. The molecule has 8 nitrogen and oxygen atoms in total. The van der Waals surface area contributed by atoms with E-state index >= 15 is 0 Å². The van der Waals surface area contributed by atoms with Gasteiger partial charge in [-0.05, 0) is 6.92 Å². The van der Waals surface area contributed by atoms with Crippen molar-refractivity contribution in [2.24, 2.45) is 7.05 Å². The predicted molar refractivity (Wildman–Crippen MR) is 58.6 cm³/mol. The lowest BCUT2D eigenvalue weighted by molar-refractivity contribution is -0.146. The number of carbonyl (C=O) groups is 2. The van der Waals surface area contributed by atoms with E-state index in [2.05, 4.69) is 15.7 Å². The summed E-state index contributed by atoms with van der Waals surface area (Å²) in [5, 5.41) is 26.1. The molecule has 0 aromatic carbocycles. The third-order valence-electron chi connectivity index (χ3n) is 2.00. The van der Waals surface area contributed by atoms with Gasteiger partial charge in [-0.2, -0.15) is 5.10 Å². The molecule has 94 valence electrons. The Kier molecular flexibility index (Phi) is 4.05. The zero-order chi connectivity index (χ0) is 13.0. The van der Waals surface area contributed by atoms with E-state index < -0.39 is 18.1 Å². The standard InChI is InChI=1S/C9H14N4O4/c1-5-6(4-13(2)12-5)11-9(17)10-3-7(14)8(15)16/h4,7,14H,3H2,1-2H3,(H,15,16)(H2,10,11,17). The fourth-order valence-corrected chi connectivity index (χ4v) is 1.17. The molecule has 2 amide bonds. The maximum atomic E-state index is 11.3. The van der Waals surface area contributed by atoms with Crippen LogP contribution < -0.4 is 10.6 Å². The van der Waals surface area contributed by atoms with Crippen LogP contribution in [0.25, 0.3) is 0 Å². The van der Waals surface area contributed by atoms with Crippen molar-refractivity contribution in [1.29, 1.82) is 0 Å². The number of rotatable bonds is 4. The van der Waals surface area contributed by atoms with Crippen molar-refractivity contribution in [1.82, 2.24) is 15.1 Å². The summed E-state index contributed by atoms with van der Waals surface area (Å²) in [4.78, 5) is 21.6. The van der Waals surface area contributed by atoms with Gasteiger partial charge >= 0.3 is 12.0 Å². The van der Waals surface area contributed by atoms with Crippen molar-refractivity contribution in [3.05, 3.63) is 11.9 Å². The van der Waals surface area contributed by atoms with Crippen LogP contribution in [-0.4, -0.2) is 44.6 Å². The molecule has 0 spiro atoms. The molecule has 8 heteroatoms. The Bertz CT molecular complexity index is 429. The van der Waals surface area contributed by atoms with Crippen LogP contribution in [0, 0.1) is 6.92 Å². The lowest BCUT2D eigenvalue weighted by Crippen LogP contribution is -2.38. The Morgan fingerprint density at radius 1 is 1.59 bits per heavy atom. The first-order chi connectivity index (χ1) is 7.90. The van der Waals surface area contributed by atoms with Crippen LogP contribution in [0.1, 0.15) is 5.69 Å². The minimum atomic E-state index is -1.62. The van der Waals surface area contributed by atoms with Crippen LogP contribution in [0.3, 0.4) is 0 Å². The summed E-state index contributed by atoms with van der Waals surface area (Å²) in [5.74, 6) is -1.39. The first kappa shape index (κ1) is 13.0. The molecule has 1 atom stereocenters. The molecule has 0 radical (unpaired) electrons. The zero-order valence-corrected chi connectivity index (χ0v) is 9.47. The number of carboxylic acids is 1. The molecule has 0 aliphatic carbocycles. The topological polar surface area (TPSA) is 116 Å². The number of carboxylic acid groups (broad SMARTS) is 1. The first-order valence-corrected chi connectivity index (χ1v) is 4.86. The molecule has 4 N–H and O–H groups in total. The van der Waals surface area contributed by atoms with Gasteiger partial charge in [0.1, 0.15) is 0 Å². The van der Waals surface area contributed by atoms with Crippen molar-refractivity contribution in [3.8, 4) is 0 Å². The van der Waals surface area contributed by atoms with E-state index in [0.29, 0.717) is 11.4 Å². The van der Waals surface area contributed by atoms with Gasteiger partial charge in [-0.25, -0.2) is 9.59 Å². The minimum absolute atomic E-state index is 0.361. The lowest BCUT2D eigenvalue weighted by Gasteiger charge is -2.08. The van der Waals surface area contributed by atoms with Crippen molar-refractivity contribution < 1.29 is 19.8 Å². The van der Waals surface area contributed by atoms with Gasteiger partial charge in [0.15, 0.2) is 6.10 Å². The average Bonchev–Trinajstić information content (AvgIpc) is 2.53. The van der Waals surface area contributed by atoms with E-state index in [9.17, 15) is 9.59 Å². The predicted octanol–water partition coefficient (Wildman–Crippen LogP) is -0.704. The Morgan fingerprint density at radius 3 is 2.71 bits per heavy atom. The van der Waals surface area contributed by atoms with Crippen molar-refractivity contribution >= 4 is 17.7 Å². The number of anilines is 1. The molecule has 0 bridgehead atoms. The van der Waals surface area contributed by atoms with Crippen LogP contribution in [0.4, 0.5) is 10.5 Å². The maximum absolute atomic E-state index is 11.3. The molecule has 0 saturated heterocycles. The molecular formula is C9H14N4O4. The quantitative estimate of drug-likeness (QED) is 0.557. The van der Waals surface area contributed by atoms with Gasteiger partial charge in [-0.1, -0.05) is 0 Å². The number of urea groups is 1. The monoisotopic (exact) mass is 242 g/mol. The summed E-state index contributed by atoms with van der Waals surface area (Å²) in [6, 6.07) is -0.596. The number of nitrogens with zero attached hydrogens (tertiary/aromatic N) is 2. The molecule has 0 saturated carbocycles. The lowest BCUT2D eigenvalue weighted by atomic mass is 10.3. The number of aliphatic hydroxyl groups is 1. The number of aliphatic carboxylic acids is 1. The van der Waals surface area contributed by atoms with Gasteiger partial charge in [-0.3, -0.25) is 4.68 Å². The second-order valence-electron chi connectivity index (χ2n) is 3.49. The summed E-state index contributed by atoms with van der Waals surface area (Å²) in [6.45, 7) is 1.36. The van der Waals surface area contributed by atoms with Crippen LogP contribution in [-0.2, 0) is 11.8 Å². The van der Waals surface area contributed by atoms with Crippen LogP contribution in [0.15, 0.2) is 6.20 Å². The molecule has 0 aliphatic rings. The second-order valence-corrected chi connectivity index (χ2v) is 3.49. The number of aryl methyl sites for hydroxylation is 2. The summed E-state index contributed by atoms with van der Waals surface area (Å²) in [5.41, 5.74) is 1.16. The fourth-order valence-electron chi connectivity index (χ4n) is 1.17. The van der Waals surface area contributed by atoms with Gasteiger partial charge in [0, 0.05) is 13.2 Å². The Balaban J connectivity index is 2.45. The number of amides is 2. The summed E-state index contributed by atoms with van der Waals surface area (Å²) >= 11 is 0. The van der Waals surface area contributed by atoms with Gasteiger partial charge in [0.25, 0.3) is 0 Å². The molecule has 0 fully saturated rings. The number of carbonyl (C=O) groups excluding carboxylic acids is 1. The summed E-state index contributed by atoms with van der Waals surface area (Å²) in [7, 11) is 1.71. The second kappa shape index (κ2) is 5.30. The first-order valence-electron chi connectivity index (χ1n) is 4.86. The SMILES string of the molecule is Cc1nn(C)cc1NC(=O)NCC(O)C(=O)O. The van der Waals surface area contributed by atoms with Crippen LogP contribution in [0.5, 0.6) is 0 Å². The highest BCUT2D eigenvalue weighted by Gasteiger charge is 2.14. The van der Waals surface area contributed by atoms with E-state index in [1.165, 1.54) is 4.68 Å². The minimum Gasteiger partial charge on any atom is -0.479 e. The summed E-state index contributed by atoms with van der Waals surface area (Å²) < 4.78 is 1.54. The van der Waals surface area contributed by atoms with E-state index in [-0.39, 0.29) is 6.54 Å². The average molecular weight is 242 g/mol. The molecule has 1 unspecified atom stereocenters. The van der Waals surface area contributed by atoms with E-state index in [1.54, 1.807) is 20.2 Å². The van der Waals surface area contributed by atoms with E-state index in [0.717, 1.165) is 0 Å². The summed E-state index contributed by atoms with van der Waals surface area (Å²) in [6.07, 6.45) is -0.00142. The highest BCUT2D eigenvalue weighted by Crippen LogP contribution is 2.10. The molecule has 0 aliphatic heterocycles. The largest absolute Gasteiger partial charge is 0.479 e. The third kappa shape index (κ3) is 3.76. The van der Waals surface area contributed by atoms with Gasteiger partial charge in [0.2, 0.25) is 0 Å². The highest BCUT2D eigenvalue weighted by molar-refractivity contribution is 5.90. The molecule has 17 heavy (non-hydrogen) atoms. The van der Waals surface area contributed by atoms with E-state index in [1.807, 2.05) is 0 Å². The number of nitrogens with one attached hydrogen (secondary N) is 2. The molecule has 1 aromatic heterocycles. The number of aromatic nitrogens is 2. The fraction of sp³-hybridized carbons (Fsp3) is 0.444. The smallest absolute Gasteiger partial charge is 0.334 e. The normalized spacial score (nSPS) is 11.9. The van der Waals surface area contributed by atoms with Crippen molar-refractivity contribution in [2.75, 3.05) is 11.9 Å². The Labute approximate surface area is 97.2 Å². The number of aliphatic hydroxyl groups excluding tert-OH is 1. The van der Waals surface area contributed by atoms with Gasteiger partial charge < -0.3 is 20.8 Å². The number of hydrogen-bond donors (Lipinski definition) is 4. The molecule has 1 rings (SSSR count). The van der Waals surface area contributed by atoms with Crippen molar-refractivity contribution in [2.45, 2.75) is 13.0 Å². The van der Waals surface area contributed by atoms with Crippen molar-refractivity contribution in [3.63, 3.8) is 0 Å². The van der Waals surface area contributed by atoms with Gasteiger partial charge in [-0.15, -0.1) is 0 Å². The zero-order valence-electron chi connectivity index (χ0n) is 9.47. The molecule has 1 heterocycles. The Hall–Kier alpha value is -2.09. The van der Waals surface area contributed by atoms with Crippen LogP contribution >= 0.6 is 0 Å². The van der Waals surface area contributed by atoms with Crippen LogP contribution in [0.2, 0.25) is 0 Å². The van der Waals surface area contributed by atoms with E-state index in [4.69, 9.17) is 10.2 Å². The Morgan fingerprint density at radius 2 is 2.24 bits per heavy atom. The molecule has 1 aromatic rings. The third-order valence-corrected chi connectivity index (χ3v) is 2.00.